The summed E-state index contributed by atoms with van der Waals surface area (Å²) in [5, 5.41) is 8.73. The fraction of sp³-hybridized carbons (Fsp3) is 0.286. The lowest BCUT2D eigenvalue weighted by Gasteiger charge is -2.35. The zero-order chi connectivity index (χ0) is 24.6. The van der Waals surface area contributed by atoms with Crippen molar-refractivity contribution in [2.75, 3.05) is 44.7 Å². The van der Waals surface area contributed by atoms with Crippen LogP contribution in [0.15, 0.2) is 60.7 Å². The predicted molar refractivity (Wildman–Crippen MR) is 143 cm³/mol. The van der Waals surface area contributed by atoms with E-state index in [0.717, 1.165) is 66.2 Å². The number of rotatable bonds is 6. The molecule has 5 aromatic rings. The van der Waals surface area contributed by atoms with Gasteiger partial charge in [-0.25, -0.2) is 4.98 Å². The van der Waals surface area contributed by atoms with E-state index in [1.165, 1.54) is 5.69 Å². The first-order valence-electron chi connectivity index (χ1n) is 12.4. The van der Waals surface area contributed by atoms with Crippen molar-refractivity contribution in [3.63, 3.8) is 0 Å². The molecule has 1 aliphatic rings. The van der Waals surface area contributed by atoms with Gasteiger partial charge in [0.15, 0.2) is 17.3 Å². The number of methoxy groups -OCH3 is 1. The molecule has 3 heterocycles. The summed E-state index contributed by atoms with van der Waals surface area (Å²) in [6.45, 7) is 7.63. The van der Waals surface area contributed by atoms with Crippen LogP contribution in [0.1, 0.15) is 6.92 Å². The molecule has 0 bridgehead atoms. The minimum atomic E-state index is 0.666. The van der Waals surface area contributed by atoms with Crippen LogP contribution in [0.3, 0.4) is 0 Å². The van der Waals surface area contributed by atoms with Gasteiger partial charge in [0, 0.05) is 44.3 Å². The first-order valence-corrected chi connectivity index (χ1v) is 12.4. The Kier molecular flexibility index (Phi) is 5.73. The second kappa shape index (κ2) is 9.20. The van der Waals surface area contributed by atoms with E-state index in [9.17, 15) is 0 Å². The summed E-state index contributed by atoms with van der Waals surface area (Å²) in [4.78, 5) is 9.90. The Hall–Kier alpha value is -4.04. The summed E-state index contributed by atoms with van der Waals surface area (Å²) in [5.41, 5.74) is 5.03. The number of para-hydroxylation sites is 2. The molecule has 1 fully saturated rings. The number of fused-ring (bicyclic) bond motifs is 2. The summed E-state index contributed by atoms with van der Waals surface area (Å²) < 4.78 is 13.7. The molecule has 184 valence electrons. The van der Waals surface area contributed by atoms with Crippen molar-refractivity contribution in [1.82, 2.24) is 24.6 Å². The van der Waals surface area contributed by atoms with Crippen LogP contribution in [-0.2, 0) is 7.05 Å². The molecule has 0 amide bonds. The normalized spacial score (nSPS) is 14.6. The van der Waals surface area contributed by atoms with E-state index < -0.39 is 0 Å². The Morgan fingerprint density at radius 2 is 1.75 bits per heavy atom. The summed E-state index contributed by atoms with van der Waals surface area (Å²) in [6.07, 6.45) is 0. The van der Waals surface area contributed by atoms with Gasteiger partial charge in [0.05, 0.1) is 23.7 Å². The lowest BCUT2D eigenvalue weighted by Crippen LogP contribution is -2.46. The third-order valence-electron chi connectivity index (χ3n) is 7.09. The van der Waals surface area contributed by atoms with Gasteiger partial charge in [-0.15, -0.1) is 0 Å². The van der Waals surface area contributed by atoms with E-state index in [4.69, 9.17) is 14.5 Å². The Morgan fingerprint density at radius 1 is 0.944 bits per heavy atom. The standard InChI is InChI=1S/C28H30N6O2/c1-4-33-13-15-34(16-14-33)19-9-11-23-24(17-19)32(2)28(29-23)27-21-18-20(10-12-22(21)30-31-27)36-26-8-6-5-7-25(26)35-3/h5-12,17-18H,4,13-16H2,1-3H3,(H,30,31). The number of likely N-dealkylation sites (N-methyl/N-ethyl adjacent to an activating group) is 1. The molecule has 1 N–H and O–H groups in total. The molecular weight excluding hydrogens is 452 g/mol. The van der Waals surface area contributed by atoms with E-state index in [0.29, 0.717) is 17.2 Å². The molecule has 36 heavy (non-hydrogen) atoms. The third kappa shape index (κ3) is 3.93. The SMILES string of the molecule is CCN1CCN(c2ccc3nc(-c4n[nH]c5ccc(Oc6ccccc6OC)cc45)n(C)c3c2)CC1. The Morgan fingerprint density at radius 3 is 2.53 bits per heavy atom. The highest BCUT2D eigenvalue weighted by Crippen LogP contribution is 2.35. The van der Waals surface area contributed by atoms with Crippen LogP contribution in [0, 0.1) is 0 Å². The fourth-order valence-corrected chi connectivity index (χ4v) is 4.97. The van der Waals surface area contributed by atoms with Gasteiger partial charge < -0.3 is 23.8 Å². The molecule has 0 aliphatic carbocycles. The summed E-state index contributed by atoms with van der Waals surface area (Å²) in [6, 6.07) is 20.1. The summed E-state index contributed by atoms with van der Waals surface area (Å²) in [7, 11) is 3.70. The lowest BCUT2D eigenvalue weighted by atomic mass is 10.2. The molecule has 6 rings (SSSR count). The van der Waals surface area contributed by atoms with Gasteiger partial charge in [0.1, 0.15) is 11.4 Å². The number of aryl methyl sites for hydroxylation is 1. The largest absolute Gasteiger partial charge is 0.493 e. The Bertz CT molecular complexity index is 1530. The van der Waals surface area contributed by atoms with Crippen LogP contribution in [0.25, 0.3) is 33.5 Å². The summed E-state index contributed by atoms with van der Waals surface area (Å²) in [5.74, 6) is 2.88. The zero-order valence-electron chi connectivity index (χ0n) is 20.9. The number of imidazole rings is 1. The minimum Gasteiger partial charge on any atom is -0.493 e. The molecule has 8 nitrogen and oxygen atoms in total. The lowest BCUT2D eigenvalue weighted by molar-refractivity contribution is 0.271. The predicted octanol–water partition coefficient (Wildman–Crippen LogP) is 5.06. The van der Waals surface area contributed by atoms with Crippen LogP contribution < -0.4 is 14.4 Å². The van der Waals surface area contributed by atoms with Crippen molar-refractivity contribution in [3.8, 4) is 28.8 Å². The first kappa shape index (κ1) is 22.4. The van der Waals surface area contributed by atoms with Crippen molar-refractivity contribution >= 4 is 27.6 Å². The highest BCUT2D eigenvalue weighted by molar-refractivity contribution is 5.94. The molecule has 0 saturated carbocycles. The van der Waals surface area contributed by atoms with Crippen LogP contribution >= 0.6 is 0 Å². The van der Waals surface area contributed by atoms with E-state index in [-0.39, 0.29) is 0 Å². The number of aromatic nitrogens is 4. The van der Waals surface area contributed by atoms with Gasteiger partial charge in [-0.05, 0) is 55.1 Å². The van der Waals surface area contributed by atoms with E-state index in [1.807, 2.05) is 42.5 Å². The number of anilines is 1. The van der Waals surface area contributed by atoms with Gasteiger partial charge in [-0.1, -0.05) is 19.1 Å². The van der Waals surface area contributed by atoms with Gasteiger partial charge in [0.2, 0.25) is 0 Å². The second-order valence-corrected chi connectivity index (χ2v) is 9.12. The van der Waals surface area contributed by atoms with Gasteiger partial charge in [-0.3, -0.25) is 5.10 Å². The van der Waals surface area contributed by atoms with Crippen LogP contribution in [-0.4, -0.2) is 64.5 Å². The van der Waals surface area contributed by atoms with Crippen molar-refractivity contribution in [2.24, 2.45) is 7.05 Å². The number of benzene rings is 3. The fourth-order valence-electron chi connectivity index (χ4n) is 4.97. The van der Waals surface area contributed by atoms with Gasteiger partial charge in [-0.2, -0.15) is 5.10 Å². The van der Waals surface area contributed by atoms with Crippen molar-refractivity contribution < 1.29 is 9.47 Å². The van der Waals surface area contributed by atoms with Crippen molar-refractivity contribution in [3.05, 3.63) is 60.7 Å². The highest BCUT2D eigenvalue weighted by atomic mass is 16.5. The van der Waals surface area contributed by atoms with E-state index in [2.05, 4.69) is 56.7 Å². The number of piperazine rings is 1. The van der Waals surface area contributed by atoms with Crippen molar-refractivity contribution in [2.45, 2.75) is 6.92 Å². The molecule has 1 aliphatic heterocycles. The molecule has 0 atom stereocenters. The van der Waals surface area contributed by atoms with E-state index in [1.54, 1.807) is 7.11 Å². The number of nitrogens with zero attached hydrogens (tertiary/aromatic N) is 5. The highest BCUT2D eigenvalue weighted by Gasteiger charge is 2.20. The van der Waals surface area contributed by atoms with E-state index >= 15 is 0 Å². The van der Waals surface area contributed by atoms with Gasteiger partial charge >= 0.3 is 0 Å². The van der Waals surface area contributed by atoms with Crippen LogP contribution in [0.2, 0.25) is 0 Å². The Labute approximate surface area is 210 Å². The molecule has 2 aromatic heterocycles. The first-order chi connectivity index (χ1) is 17.6. The average molecular weight is 483 g/mol. The average Bonchev–Trinajstić information content (AvgIpc) is 3.49. The second-order valence-electron chi connectivity index (χ2n) is 9.12. The van der Waals surface area contributed by atoms with Crippen molar-refractivity contribution in [1.29, 1.82) is 0 Å². The number of nitrogens with one attached hydrogen (secondary N) is 1. The maximum atomic E-state index is 6.15. The maximum absolute atomic E-state index is 6.15. The van der Waals surface area contributed by atoms with Gasteiger partial charge in [0.25, 0.3) is 0 Å². The quantitative estimate of drug-likeness (QED) is 0.365. The number of ether oxygens (including phenoxy) is 2. The topological polar surface area (TPSA) is 71.4 Å². The number of aromatic amines is 1. The molecule has 0 radical (unpaired) electrons. The smallest absolute Gasteiger partial charge is 0.169 e. The number of H-pyrrole nitrogens is 1. The zero-order valence-corrected chi connectivity index (χ0v) is 20.9. The molecular formula is C28H30N6O2. The molecule has 3 aromatic carbocycles. The summed E-state index contributed by atoms with van der Waals surface area (Å²) >= 11 is 0. The van der Waals surface area contributed by atoms with Crippen LogP contribution in [0.4, 0.5) is 5.69 Å². The molecule has 0 spiro atoms. The Balaban J connectivity index is 1.34. The molecule has 0 unspecified atom stereocenters. The maximum Gasteiger partial charge on any atom is 0.169 e. The minimum absolute atomic E-state index is 0.666. The number of hydrogen-bond acceptors (Lipinski definition) is 6. The molecule has 1 saturated heterocycles. The molecule has 8 heteroatoms. The van der Waals surface area contributed by atoms with Crippen LogP contribution in [0.5, 0.6) is 17.2 Å². The monoisotopic (exact) mass is 482 g/mol. The third-order valence-corrected chi connectivity index (χ3v) is 7.09. The number of hydrogen-bond donors (Lipinski definition) is 1.